The lowest BCUT2D eigenvalue weighted by molar-refractivity contribution is 0.189. The van der Waals surface area contributed by atoms with E-state index in [0.29, 0.717) is 30.4 Å². The maximum atomic E-state index is 13.3. The number of hydrogen-bond acceptors (Lipinski definition) is 5. The molecule has 1 fully saturated rings. The van der Waals surface area contributed by atoms with Crippen LogP contribution in [0.1, 0.15) is 44.7 Å². The fourth-order valence-electron chi connectivity index (χ4n) is 3.89. The molecule has 2 aromatic rings. The van der Waals surface area contributed by atoms with E-state index in [1.54, 1.807) is 25.6 Å². The number of piperidine rings is 1. The van der Waals surface area contributed by atoms with Crippen molar-refractivity contribution < 1.29 is 14.6 Å². The van der Waals surface area contributed by atoms with E-state index >= 15 is 0 Å². The molecule has 0 bridgehead atoms. The Labute approximate surface area is 184 Å². The maximum absolute atomic E-state index is 13.3. The number of benzene rings is 1. The van der Waals surface area contributed by atoms with Crippen LogP contribution in [-0.4, -0.2) is 47.8 Å². The third kappa shape index (κ3) is 6.10. The van der Waals surface area contributed by atoms with Crippen LogP contribution < -0.4 is 15.4 Å². The standard InChI is InChI=1S/C24H34N4O3/c1-24(2,3)20-12-19(31-4)13-21(22(20)29)27-23(30)28(15-17-7-10-25-11-8-17)16-18-6-5-9-26-14-18/h5-6,9,12-14,17,25,29H,7-8,10-11,15-16H2,1-4H3,(H,27,30). The quantitative estimate of drug-likeness (QED) is 0.605. The molecule has 1 saturated heterocycles. The zero-order valence-corrected chi connectivity index (χ0v) is 18.9. The number of carbonyl (C=O) groups excluding carboxylic acids is 1. The van der Waals surface area contributed by atoms with E-state index in [1.807, 2.05) is 43.9 Å². The second-order valence-electron chi connectivity index (χ2n) is 9.19. The lowest BCUT2D eigenvalue weighted by atomic mass is 9.85. The van der Waals surface area contributed by atoms with E-state index in [9.17, 15) is 9.90 Å². The van der Waals surface area contributed by atoms with Crippen LogP contribution in [0.4, 0.5) is 10.5 Å². The Morgan fingerprint density at radius 2 is 2.06 bits per heavy atom. The van der Waals surface area contributed by atoms with Gasteiger partial charge < -0.3 is 25.4 Å². The number of anilines is 1. The summed E-state index contributed by atoms with van der Waals surface area (Å²) in [7, 11) is 1.58. The number of hydrogen-bond donors (Lipinski definition) is 3. The molecule has 3 rings (SSSR count). The van der Waals surface area contributed by atoms with Gasteiger partial charge in [0.15, 0.2) is 0 Å². The number of amides is 2. The van der Waals surface area contributed by atoms with Gasteiger partial charge in [-0.1, -0.05) is 26.8 Å². The summed E-state index contributed by atoms with van der Waals surface area (Å²) in [4.78, 5) is 19.3. The van der Waals surface area contributed by atoms with Crippen molar-refractivity contribution in [2.45, 2.75) is 45.6 Å². The fraction of sp³-hybridized carbons (Fsp3) is 0.500. The van der Waals surface area contributed by atoms with Crippen molar-refractivity contribution in [3.05, 3.63) is 47.8 Å². The van der Waals surface area contributed by atoms with E-state index in [0.717, 1.165) is 37.1 Å². The van der Waals surface area contributed by atoms with Crippen LogP contribution in [0.2, 0.25) is 0 Å². The Kier molecular flexibility index (Phi) is 7.38. The summed E-state index contributed by atoms with van der Waals surface area (Å²) in [5, 5.41) is 17.2. The van der Waals surface area contributed by atoms with E-state index in [-0.39, 0.29) is 17.2 Å². The lowest BCUT2D eigenvalue weighted by Crippen LogP contribution is -2.41. The van der Waals surface area contributed by atoms with Gasteiger partial charge >= 0.3 is 6.03 Å². The lowest BCUT2D eigenvalue weighted by Gasteiger charge is -2.31. The van der Waals surface area contributed by atoms with Gasteiger partial charge in [-0.2, -0.15) is 0 Å². The molecule has 0 unspecified atom stereocenters. The third-order valence-corrected chi connectivity index (χ3v) is 5.69. The number of rotatable bonds is 6. The van der Waals surface area contributed by atoms with E-state index in [1.165, 1.54) is 0 Å². The average Bonchev–Trinajstić information content (AvgIpc) is 2.75. The smallest absolute Gasteiger partial charge is 0.322 e. The van der Waals surface area contributed by atoms with Crippen molar-refractivity contribution >= 4 is 11.7 Å². The van der Waals surface area contributed by atoms with Crippen molar-refractivity contribution in [3.8, 4) is 11.5 Å². The first-order chi connectivity index (χ1) is 14.8. The Balaban J connectivity index is 1.85. The minimum Gasteiger partial charge on any atom is -0.505 e. The molecule has 0 radical (unpaired) electrons. The summed E-state index contributed by atoms with van der Waals surface area (Å²) in [6.07, 6.45) is 5.58. The molecule has 0 aliphatic carbocycles. The monoisotopic (exact) mass is 426 g/mol. The van der Waals surface area contributed by atoms with Crippen LogP contribution in [-0.2, 0) is 12.0 Å². The molecule has 1 aromatic heterocycles. The highest BCUT2D eigenvalue weighted by atomic mass is 16.5. The van der Waals surface area contributed by atoms with Gasteiger partial charge in [-0.05, 0) is 55.0 Å². The first kappa shape index (κ1) is 22.9. The highest BCUT2D eigenvalue weighted by Crippen LogP contribution is 2.39. The minimum atomic E-state index is -0.303. The van der Waals surface area contributed by atoms with E-state index in [2.05, 4.69) is 15.6 Å². The topological polar surface area (TPSA) is 86.7 Å². The van der Waals surface area contributed by atoms with Gasteiger partial charge in [-0.3, -0.25) is 4.98 Å². The molecule has 0 spiro atoms. The number of methoxy groups -OCH3 is 1. The SMILES string of the molecule is COc1cc(NC(=O)N(Cc2cccnc2)CC2CCNCC2)c(O)c(C(C)(C)C)c1. The number of phenolic OH excluding ortho intramolecular Hbond substituents is 1. The Hall–Kier alpha value is -2.80. The summed E-state index contributed by atoms with van der Waals surface area (Å²) < 4.78 is 5.41. The van der Waals surface area contributed by atoms with E-state index < -0.39 is 0 Å². The van der Waals surface area contributed by atoms with Crippen LogP contribution in [0.5, 0.6) is 11.5 Å². The van der Waals surface area contributed by atoms with Crippen LogP contribution in [0.3, 0.4) is 0 Å². The molecule has 2 amide bonds. The molecule has 1 aromatic carbocycles. The zero-order chi connectivity index (χ0) is 22.4. The van der Waals surface area contributed by atoms with Crippen LogP contribution in [0, 0.1) is 5.92 Å². The highest BCUT2D eigenvalue weighted by molar-refractivity contribution is 5.91. The van der Waals surface area contributed by atoms with Crippen molar-refractivity contribution in [1.82, 2.24) is 15.2 Å². The van der Waals surface area contributed by atoms with Crippen molar-refractivity contribution in [2.24, 2.45) is 5.92 Å². The number of phenols is 1. The van der Waals surface area contributed by atoms with Crippen molar-refractivity contribution in [2.75, 3.05) is 32.1 Å². The summed E-state index contributed by atoms with van der Waals surface area (Å²) in [6, 6.07) is 7.07. The first-order valence-electron chi connectivity index (χ1n) is 10.8. The van der Waals surface area contributed by atoms with Crippen molar-refractivity contribution in [3.63, 3.8) is 0 Å². The van der Waals surface area contributed by atoms with Crippen molar-refractivity contribution in [1.29, 1.82) is 0 Å². The predicted octanol–water partition coefficient (Wildman–Crippen LogP) is 4.13. The molecule has 31 heavy (non-hydrogen) atoms. The predicted molar refractivity (Wildman–Crippen MR) is 123 cm³/mol. The molecule has 7 heteroatoms. The molecule has 168 valence electrons. The number of nitrogens with one attached hydrogen (secondary N) is 2. The van der Waals surface area contributed by atoms with Gasteiger partial charge in [0, 0.05) is 37.1 Å². The number of aromatic nitrogens is 1. The number of aromatic hydroxyl groups is 1. The summed E-state index contributed by atoms with van der Waals surface area (Å²) in [5.74, 6) is 1.10. The Morgan fingerprint density at radius 1 is 1.32 bits per heavy atom. The maximum Gasteiger partial charge on any atom is 0.322 e. The van der Waals surface area contributed by atoms with Crippen LogP contribution in [0.25, 0.3) is 0 Å². The van der Waals surface area contributed by atoms with Crippen LogP contribution >= 0.6 is 0 Å². The fourth-order valence-corrected chi connectivity index (χ4v) is 3.89. The summed E-state index contributed by atoms with van der Waals surface area (Å²) >= 11 is 0. The van der Waals surface area contributed by atoms with Gasteiger partial charge in [0.05, 0.1) is 12.8 Å². The van der Waals surface area contributed by atoms with Gasteiger partial charge in [-0.25, -0.2) is 4.79 Å². The van der Waals surface area contributed by atoms with Gasteiger partial charge in [-0.15, -0.1) is 0 Å². The summed E-state index contributed by atoms with van der Waals surface area (Å²) in [5.41, 5.74) is 1.75. The molecule has 7 nitrogen and oxygen atoms in total. The molecular formula is C24H34N4O3. The molecular weight excluding hydrogens is 392 g/mol. The molecule has 3 N–H and O–H groups in total. The number of nitrogens with zero attached hydrogens (tertiary/aromatic N) is 2. The van der Waals surface area contributed by atoms with Crippen LogP contribution in [0.15, 0.2) is 36.7 Å². The number of ether oxygens (including phenoxy) is 1. The number of pyridine rings is 1. The second kappa shape index (κ2) is 10.0. The molecule has 1 aliphatic heterocycles. The highest BCUT2D eigenvalue weighted by Gasteiger charge is 2.25. The molecule has 2 heterocycles. The van der Waals surface area contributed by atoms with Gasteiger partial charge in [0.25, 0.3) is 0 Å². The largest absolute Gasteiger partial charge is 0.505 e. The summed E-state index contributed by atoms with van der Waals surface area (Å²) in [6.45, 7) is 9.09. The molecule has 0 saturated carbocycles. The molecule has 0 atom stereocenters. The van der Waals surface area contributed by atoms with Gasteiger partial charge in [0.2, 0.25) is 0 Å². The second-order valence-corrected chi connectivity index (χ2v) is 9.19. The Morgan fingerprint density at radius 3 is 2.68 bits per heavy atom. The normalized spacial score (nSPS) is 14.8. The zero-order valence-electron chi connectivity index (χ0n) is 18.9. The van der Waals surface area contributed by atoms with Gasteiger partial charge in [0.1, 0.15) is 11.5 Å². The number of urea groups is 1. The third-order valence-electron chi connectivity index (χ3n) is 5.69. The molecule has 1 aliphatic rings. The first-order valence-corrected chi connectivity index (χ1v) is 10.8. The van der Waals surface area contributed by atoms with E-state index in [4.69, 9.17) is 4.74 Å². The number of carbonyl (C=O) groups is 1. The Bertz CT molecular complexity index is 874. The minimum absolute atomic E-state index is 0.0739. The average molecular weight is 427 g/mol.